The SMILES string of the molecule is O=C(c1csc(-c2ccc(Cl)s2)n1)N1CCN(C2CCS(=O)(=O)C2)CC1. The number of rotatable bonds is 3. The van der Waals surface area contributed by atoms with Crippen LogP contribution in [0.25, 0.3) is 9.88 Å². The number of amides is 1. The van der Waals surface area contributed by atoms with Gasteiger partial charge in [0.1, 0.15) is 10.7 Å². The highest BCUT2D eigenvalue weighted by molar-refractivity contribution is 7.91. The highest BCUT2D eigenvalue weighted by Gasteiger charge is 2.34. The summed E-state index contributed by atoms with van der Waals surface area (Å²) in [5.41, 5.74) is 0.464. The number of halogens is 1. The Labute approximate surface area is 165 Å². The second kappa shape index (κ2) is 7.20. The first-order valence-corrected chi connectivity index (χ1v) is 12.3. The molecule has 0 saturated carbocycles. The van der Waals surface area contributed by atoms with Gasteiger partial charge in [0, 0.05) is 37.6 Å². The normalized spacial score (nSPS) is 23.4. The molecule has 2 aromatic rings. The van der Waals surface area contributed by atoms with Crippen molar-refractivity contribution in [2.24, 2.45) is 0 Å². The second-order valence-electron chi connectivity index (χ2n) is 6.53. The minimum absolute atomic E-state index is 0.0613. The highest BCUT2D eigenvalue weighted by Crippen LogP contribution is 2.33. The molecule has 1 amide bonds. The van der Waals surface area contributed by atoms with Gasteiger partial charge in [-0.2, -0.15) is 0 Å². The summed E-state index contributed by atoms with van der Waals surface area (Å²) < 4.78 is 24.0. The van der Waals surface area contributed by atoms with E-state index >= 15 is 0 Å². The first-order chi connectivity index (χ1) is 12.4. The molecule has 2 aliphatic rings. The molecule has 2 aliphatic heterocycles. The monoisotopic (exact) mass is 431 g/mol. The molecule has 10 heteroatoms. The van der Waals surface area contributed by atoms with E-state index in [-0.39, 0.29) is 23.5 Å². The molecule has 1 atom stereocenters. The van der Waals surface area contributed by atoms with Gasteiger partial charge in [0.2, 0.25) is 0 Å². The maximum absolute atomic E-state index is 12.7. The third-order valence-electron chi connectivity index (χ3n) is 4.83. The maximum Gasteiger partial charge on any atom is 0.273 e. The van der Waals surface area contributed by atoms with Crippen molar-refractivity contribution in [1.29, 1.82) is 0 Å². The lowest BCUT2D eigenvalue weighted by atomic mass is 10.2. The number of aromatic nitrogens is 1. The van der Waals surface area contributed by atoms with Crippen LogP contribution in [-0.4, -0.2) is 72.8 Å². The molecule has 4 heterocycles. The number of carbonyl (C=O) groups excluding carboxylic acids is 1. The summed E-state index contributed by atoms with van der Waals surface area (Å²) in [6, 6.07) is 3.84. The fourth-order valence-corrected chi connectivity index (χ4v) is 7.10. The first-order valence-electron chi connectivity index (χ1n) is 8.36. The van der Waals surface area contributed by atoms with Crippen molar-refractivity contribution in [1.82, 2.24) is 14.8 Å². The van der Waals surface area contributed by atoms with Gasteiger partial charge in [-0.15, -0.1) is 22.7 Å². The summed E-state index contributed by atoms with van der Waals surface area (Å²) in [4.78, 5) is 22.2. The zero-order valence-corrected chi connectivity index (χ0v) is 17.1. The van der Waals surface area contributed by atoms with E-state index in [2.05, 4.69) is 9.88 Å². The van der Waals surface area contributed by atoms with E-state index < -0.39 is 9.84 Å². The molecule has 2 saturated heterocycles. The van der Waals surface area contributed by atoms with Gasteiger partial charge in [0.25, 0.3) is 5.91 Å². The van der Waals surface area contributed by atoms with Gasteiger partial charge in [0.15, 0.2) is 9.84 Å². The molecule has 26 heavy (non-hydrogen) atoms. The predicted octanol–water partition coefficient (Wildman–Crippen LogP) is 2.47. The van der Waals surface area contributed by atoms with Crippen molar-refractivity contribution < 1.29 is 13.2 Å². The summed E-state index contributed by atoms with van der Waals surface area (Å²) in [5.74, 6) is 0.471. The third kappa shape index (κ3) is 3.82. The van der Waals surface area contributed by atoms with Crippen LogP contribution in [0.1, 0.15) is 16.9 Å². The number of thiazole rings is 1. The second-order valence-corrected chi connectivity index (χ2v) is 11.3. The Morgan fingerprint density at radius 1 is 1.23 bits per heavy atom. The Balaban J connectivity index is 1.37. The van der Waals surface area contributed by atoms with Gasteiger partial charge in [-0.05, 0) is 18.6 Å². The molecule has 4 rings (SSSR count). The molecule has 0 bridgehead atoms. The van der Waals surface area contributed by atoms with E-state index in [1.54, 1.807) is 10.3 Å². The minimum Gasteiger partial charge on any atom is -0.335 e. The Kier molecular flexibility index (Phi) is 5.08. The number of carbonyl (C=O) groups is 1. The van der Waals surface area contributed by atoms with E-state index in [1.165, 1.54) is 22.7 Å². The Bertz CT molecular complexity index is 916. The van der Waals surface area contributed by atoms with E-state index in [0.29, 0.717) is 42.6 Å². The fourth-order valence-electron chi connectivity index (χ4n) is 3.43. The quantitative estimate of drug-likeness (QED) is 0.746. The van der Waals surface area contributed by atoms with E-state index in [0.717, 1.165) is 9.88 Å². The smallest absolute Gasteiger partial charge is 0.273 e. The summed E-state index contributed by atoms with van der Waals surface area (Å²) in [6.45, 7) is 2.63. The third-order valence-corrected chi connectivity index (χ3v) is 8.83. The van der Waals surface area contributed by atoms with Crippen LogP contribution in [0.3, 0.4) is 0 Å². The highest BCUT2D eigenvalue weighted by atomic mass is 35.5. The van der Waals surface area contributed by atoms with Crippen LogP contribution in [0, 0.1) is 0 Å². The zero-order chi connectivity index (χ0) is 18.3. The average molecular weight is 432 g/mol. The van der Waals surface area contributed by atoms with Crippen LogP contribution < -0.4 is 0 Å². The summed E-state index contributed by atoms with van der Waals surface area (Å²) in [5, 5.41) is 2.60. The Morgan fingerprint density at radius 3 is 2.62 bits per heavy atom. The molecule has 0 radical (unpaired) electrons. The summed E-state index contributed by atoms with van der Waals surface area (Å²) in [6.07, 6.45) is 0.703. The Morgan fingerprint density at radius 2 is 2.00 bits per heavy atom. The Hall–Kier alpha value is -1.00. The van der Waals surface area contributed by atoms with Crippen LogP contribution in [0.5, 0.6) is 0 Å². The van der Waals surface area contributed by atoms with Crippen molar-refractivity contribution in [2.45, 2.75) is 12.5 Å². The van der Waals surface area contributed by atoms with Gasteiger partial charge in [0.05, 0.1) is 20.7 Å². The summed E-state index contributed by atoms with van der Waals surface area (Å²) >= 11 is 8.86. The van der Waals surface area contributed by atoms with Crippen molar-refractivity contribution >= 4 is 50.0 Å². The fraction of sp³-hybridized carbons (Fsp3) is 0.500. The lowest BCUT2D eigenvalue weighted by Crippen LogP contribution is -2.52. The summed E-state index contributed by atoms with van der Waals surface area (Å²) in [7, 11) is -2.88. The molecule has 2 aromatic heterocycles. The van der Waals surface area contributed by atoms with Crippen LogP contribution in [0.4, 0.5) is 0 Å². The zero-order valence-electron chi connectivity index (χ0n) is 13.9. The number of hydrogen-bond acceptors (Lipinski definition) is 7. The van der Waals surface area contributed by atoms with Gasteiger partial charge in [-0.1, -0.05) is 11.6 Å². The van der Waals surface area contributed by atoms with E-state index in [9.17, 15) is 13.2 Å². The molecule has 0 N–H and O–H groups in total. The molecule has 140 valence electrons. The van der Waals surface area contributed by atoms with Crippen LogP contribution in [0.2, 0.25) is 4.34 Å². The van der Waals surface area contributed by atoms with E-state index in [1.807, 2.05) is 12.1 Å². The molecule has 2 fully saturated rings. The minimum atomic E-state index is -2.88. The topological polar surface area (TPSA) is 70.6 Å². The number of sulfone groups is 1. The molecule has 6 nitrogen and oxygen atoms in total. The standard InChI is InChI=1S/C16H18ClN3O3S3/c17-14-2-1-13(25-14)15-18-12(9-24-15)16(21)20-6-4-19(5-7-20)11-3-8-26(22,23)10-11/h1-2,9,11H,3-8,10H2. The number of hydrogen-bond donors (Lipinski definition) is 0. The molecular formula is C16H18ClN3O3S3. The van der Waals surface area contributed by atoms with Crippen molar-refractivity contribution in [3.05, 3.63) is 27.5 Å². The number of piperazine rings is 1. The van der Waals surface area contributed by atoms with Crippen molar-refractivity contribution in [3.8, 4) is 9.88 Å². The lowest BCUT2D eigenvalue weighted by molar-refractivity contribution is 0.0583. The van der Waals surface area contributed by atoms with Crippen molar-refractivity contribution in [3.63, 3.8) is 0 Å². The van der Waals surface area contributed by atoms with Gasteiger partial charge < -0.3 is 4.90 Å². The average Bonchev–Trinajstić information content (AvgIpc) is 3.34. The molecule has 0 spiro atoms. The van der Waals surface area contributed by atoms with Crippen LogP contribution in [0.15, 0.2) is 17.5 Å². The van der Waals surface area contributed by atoms with Gasteiger partial charge >= 0.3 is 0 Å². The van der Waals surface area contributed by atoms with Crippen LogP contribution in [-0.2, 0) is 9.84 Å². The van der Waals surface area contributed by atoms with Crippen LogP contribution >= 0.6 is 34.3 Å². The molecule has 0 aliphatic carbocycles. The van der Waals surface area contributed by atoms with Gasteiger partial charge in [-0.3, -0.25) is 9.69 Å². The predicted molar refractivity (Wildman–Crippen MR) is 105 cm³/mol. The lowest BCUT2D eigenvalue weighted by Gasteiger charge is -2.37. The molecule has 1 unspecified atom stereocenters. The van der Waals surface area contributed by atoms with E-state index in [4.69, 9.17) is 11.6 Å². The first kappa shape index (κ1) is 18.4. The number of thiophene rings is 1. The number of nitrogens with zero attached hydrogens (tertiary/aromatic N) is 3. The molecule has 0 aromatic carbocycles. The van der Waals surface area contributed by atoms with Gasteiger partial charge in [-0.25, -0.2) is 13.4 Å². The largest absolute Gasteiger partial charge is 0.335 e. The molecular weight excluding hydrogens is 414 g/mol. The maximum atomic E-state index is 12.7. The van der Waals surface area contributed by atoms with Crippen molar-refractivity contribution in [2.75, 3.05) is 37.7 Å².